The zero-order valence-corrected chi connectivity index (χ0v) is 18.9. The monoisotopic (exact) mass is 419 g/mol. The molecule has 0 radical (unpaired) electrons. The summed E-state index contributed by atoms with van der Waals surface area (Å²) in [7, 11) is 0. The molecule has 0 atom stereocenters. The Morgan fingerprint density at radius 1 is 1.06 bits per heavy atom. The minimum absolute atomic E-state index is 0.0738. The van der Waals surface area contributed by atoms with Crippen molar-refractivity contribution in [2.24, 2.45) is 5.92 Å². The first-order chi connectivity index (χ1) is 15.1. The Bertz CT molecular complexity index is 1030. The molecule has 2 aromatic carbocycles. The van der Waals surface area contributed by atoms with E-state index in [2.05, 4.69) is 22.8 Å². The highest BCUT2D eigenvalue weighted by Gasteiger charge is 2.26. The van der Waals surface area contributed by atoms with E-state index in [0.717, 1.165) is 53.5 Å². The smallest absolute Gasteiger partial charge is 0.256 e. The van der Waals surface area contributed by atoms with Gasteiger partial charge in [-0.05, 0) is 75.8 Å². The van der Waals surface area contributed by atoms with Gasteiger partial charge in [-0.15, -0.1) is 0 Å². The van der Waals surface area contributed by atoms with Crippen molar-refractivity contribution in [1.82, 2.24) is 14.5 Å². The van der Waals surface area contributed by atoms with Crippen molar-refractivity contribution in [2.75, 3.05) is 19.7 Å². The highest BCUT2D eigenvalue weighted by atomic mass is 16.5. The summed E-state index contributed by atoms with van der Waals surface area (Å²) in [5.74, 6) is 2.80. The first-order valence-electron chi connectivity index (χ1n) is 11.6. The van der Waals surface area contributed by atoms with Gasteiger partial charge in [0.25, 0.3) is 5.91 Å². The molecule has 0 unspecified atom stereocenters. The van der Waals surface area contributed by atoms with Crippen LogP contribution in [0.25, 0.3) is 11.0 Å². The fourth-order valence-corrected chi connectivity index (χ4v) is 4.18. The number of fused-ring (bicyclic) bond motifs is 1. The van der Waals surface area contributed by atoms with Crippen LogP contribution in [-0.4, -0.2) is 40.1 Å². The SMILES string of the molecule is CCOc1ccc(CCc2nc3c(C(=O)N(CC)CC)cccc3n2CC2CC2)cc1. The maximum absolute atomic E-state index is 13.1. The lowest BCUT2D eigenvalue weighted by atomic mass is 10.1. The molecule has 0 N–H and O–H groups in total. The van der Waals surface area contributed by atoms with Crippen molar-refractivity contribution in [3.05, 3.63) is 59.4 Å². The number of nitrogens with zero attached hydrogens (tertiary/aromatic N) is 3. The second kappa shape index (κ2) is 9.54. The van der Waals surface area contributed by atoms with Crippen LogP contribution in [0.3, 0.4) is 0 Å². The van der Waals surface area contributed by atoms with E-state index in [1.165, 1.54) is 18.4 Å². The van der Waals surface area contributed by atoms with E-state index in [4.69, 9.17) is 9.72 Å². The summed E-state index contributed by atoms with van der Waals surface area (Å²) in [4.78, 5) is 20.0. The highest BCUT2D eigenvalue weighted by molar-refractivity contribution is 6.05. The van der Waals surface area contributed by atoms with Crippen LogP contribution < -0.4 is 4.74 Å². The molecule has 1 fully saturated rings. The third kappa shape index (κ3) is 4.76. The molecule has 1 aliphatic rings. The van der Waals surface area contributed by atoms with Gasteiger partial charge in [0.15, 0.2) is 0 Å². The summed E-state index contributed by atoms with van der Waals surface area (Å²) in [5.41, 5.74) is 3.93. The Labute approximate surface area is 185 Å². The van der Waals surface area contributed by atoms with Gasteiger partial charge in [-0.1, -0.05) is 18.2 Å². The van der Waals surface area contributed by atoms with E-state index in [1.54, 1.807) is 0 Å². The topological polar surface area (TPSA) is 47.4 Å². The van der Waals surface area contributed by atoms with Crippen molar-refractivity contribution in [3.63, 3.8) is 0 Å². The zero-order valence-electron chi connectivity index (χ0n) is 18.9. The fraction of sp³-hybridized carbons (Fsp3) is 0.462. The van der Waals surface area contributed by atoms with Gasteiger partial charge in [0.1, 0.15) is 17.1 Å². The Balaban J connectivity index is 1.63. The number of imidazole rings is 1. The van der Waals surface area contributed by atoms with Crippen molar-refractivity contribution in [1.29, 1.82) is 0 Å². The van der Waals surface area contributed by atoms with E-state index in [0.29, 0.717) is 19.7 Å². The van der Waals surface area contributed by atoms with Gasteiger partial charge in [-0.3, -0.25) is 4.79 Å². The molecule has 4 rings (SSSR count). The summed E-state index contributed by atoms with van der Waals surface area (Å²) < 4.78 is 7.92. The summed E-state index contributed by atoms with van der Waals surface area (Å²) in [6.07, 6.45) is 4.35. The quantitative estimate of drug-likeness (QED) is 0.459. The molecule has 1 saturated carbocycles. The summed E-state index contributed by atoms with van der Waals surface area (Å²) >= 11 is 0. The summed E-state index contributed by atoms with van der Waals surface area (Å²) in [6, 6.07) is 14.4. The molecule has 5 heteroatoms. The fourth-order valence-electron chi connectivity index (χ4n) is 4.18. The lowest BCUT2D eigenvalue weighted by Gasteiger charge is -2.18. The number of carbonyl (C=O) groups is 1. The van der Waals surface area contributed by atoms with Crippen molar-refractivity contribution in [3.8, 4) is 5.75 Å². The number of aromatic nitrogens is 2. The van der Waals surface area contributed by atoms with Gasteiger partial charge in [0.05, 0.1) is 17.7 Å². The average Bonchev–Trinajstić information content (AvgIpc) is 3.54. The Morgan fingerprint density at radius 3 is 2.45 bits per heavy atom. The molecule has 0 spiro atoms. The van der Waals surface area contributed by atoms with Crippen molar-refractivity contribution < 1.29 is 9.53 Å². The molecular formula is C26H33N3O2. The molecule has 0 aliphatic heterocycles. The van der Waals surface area contributed by atoms with Gasteiger partial charge >= 0.3 is 0 Å². The number of amides is 1. The predicted octanol–water partition coefficient (Wildman–Crippen LogP) is 5.11. The number of hydrogen-bond acceptors (Lipinski definition) is 3. The van der Waals surface area contributed by atoms with Crippen LogP contribution in [0.15, 0.2) is 42.5 Å². The van der Waals surface area contributed by atoms with E-state index in [9.17, 15) is 4.79 Å². The molecule has 31 heavy (non-hydrogen) atoms. The predicted molar refractivity (Wildman–Crippen MR) is 125 cm³/mol. The Kier molecular flexibility index (Phi) is 6.59. The van der Waals surface area contributed by atoms with Crippen LogP contribution in [0.1, 0.15) is 55.4 Å². The second-order valence-electron chi connectivity index (χ2n) is 8.31. The second-order valence-corrected chi connectivity index (χ2v) is 8.31. The largest absolute Gasteiger partial charge is 0.494 e. The van der Waals surface area contributed by atoms with Crippen LogP contribution in [0.4, 0.5) is 0 Å². The van der Waals surface area contributed by atoms with Gasteiger partial charge in [0, 0.05) is 26.1 Å². The van der Waals surface area contributed by atoms with E-state index < -0.39 is 0 Å². The highest BCUT2D eigenvalue weighted by Crippen LogP contribution is 2.33. The summed E-state index contributed by atoms with van der Waals surface area (Å²) in [5, 5.41) is 0. The van der Waals surface area contributed by atoms with E-state index >= 15 is 0 Å². The molecular weight excluding hydrogens is 386 g/mol. The number of aryl methyl sites for hydroxylation is 2. The molecule has 1 amide bonds. The number of ether oxygens (including phenoxy) is 1. The number of para-hydroxylation sites is 1. The normalized spacial score (nSPS) is 13.5. The lowest BCUT2D eigenvalue weighted by molar-refractivity contribution is 0.0775. The molecule has 164 valence electrons. The average molecular weight is 420 g/mol. The van der Waals surface area contributed by atoms with Crippen LogP contribution in [-0.2, 0) is 19.4 Å². The first-order valence-corrected chi connectivity index (χ1v) is 11.6. The Morgan fingerprint density at radius 2 is 1.81 bits per heavy atom. The number of carbonyl (C=O) groups excluding carboxylic acids is 1. The Hall–Kier alpha value is -2.82. The first kappa shape index (κ1) is 21.4. The van der Waals surface area contributed by atoms with Crippen molar-refractivity contribution in [2.45, 2.75) is 53.0 Å². The lowest BCUT2D eigenvalue weighted by Crippen LogP contribution is -2.30. The molecule has 1 aliphatic carbocycles. The molecule has 0 bridgehead atoms. The number of benzene rings is 2. The third-order valence-electron chi connectivity index (χ3n) is 6.15. The summed E-state index contributed by atoms with van der Waals surface area (Å²) in [6.45, 7) is 9.14. The standard InChI is InChI=1S/C26H33N3O2/c1-4-28(5-2)26(30)22-8-7-9-23-25(22)27-24(29(23)18-20-10-11-20)17-14-19-12-15-21(16-13-19)31-6-3/h7-9,12-13,15-16,20H,4-6,10-11,14,17-18H2,1-3H3. The van der Waals surface area contributed by atoms with Crippen LogP contribution >= 0.6 is 0 Å². The number of hydrogen-bond donors (Lipinski definition) is 0. The van der Waals surface area contributed by atoms with Crippen molar-refractivity contribution >= 4 is 16.9 Å². The minimum Gasteiger partial charge on any atom is -0.494 e. The molecule has 1 heterocycles. The molecule has 5 nitrogen and oxygen atoms in total. The van der Waals surface area contributed by atoms with Crippen LogP contribution in [0, 0.1) is 5.92 Å². The molecule has 1 aromatic heterocycles. The zero-order chi connectivity index (χ0) is 21.8. The minimum atomic E-state index is 0.0738. The maximum Gasteiger partial charge on any atom is 0.256 e. The molecule has 0 saturated heterocycles. The van der Waals surface area contributed by atoms with Gasteiger partial charge < -0.3 is 14.2 Å². The van der Waals surface area contributed by atoms with Gasteiger partial charge in [-0.25, -0.2) is 4.98 Å². The van der Waals surface area contributed by atoms with Crippen LogP contribution in [0.2, 0.25) is 0 Å². The van der Waals surface area contributed by atoms with Crippen LogP contribution in [0.5, 0.6) is 5.75 Å². The molecule has 3 aromatic rings. The van der Waals surface area contributed by atoms with E-state index in [1.807, 2.05) is 49.9 Å². The number of rotatable bonds is 10. The van der Waals surface area contributed by atoms with E-state index in [-0.39, 0.29) is 5.91 Å². The van der Waals surface area contributed by atoms with Gasteiger partial charge in [-0.2, -0.15) is 0 Å². The maximum atomic E-state index is 13.1. The third-order valence-corrected chi connectivity index (χ3v) is 6.15. The van der Waals surface area contributed by atoms with Gasteiger partial charge in [0.2, 0.25) is 0 Å².